The first-order valence-corrected chi connectivity index (χ1v) is 6.42. The van der Waals surface area contributed by atoms with E-state index in [1.165, 1.54) is 12.4 Å². The average Bonchev–Trinajstić information content (AvgIpc) is 3.15. The maximum absolute atomic E-state index is 7.40. The van der Waals surface area contributed by atoms with Gasteiger partial charge >= 0.3 is 0 Å². The monoisotopic (exact) mass is 297 g/mol. The Balaban J connectivity index is 2.00. The number of nitrogens with one attached hydrogen (secondary N) is 4. The molecular formula is C13H15N9. The number of amidine groups is 2. The molecule has 0 atom stereocenters. The van der Waals surface area contributed by atoms with Crippen LogP contribution in [0.25, 0.3) is 23.0 Å². The van der Waals surface area contributed by atoms with Crippen molar-refractivity contribution in [1.29, 1.82) is 10.8 Å². The smallest absolute Gasteiger partial charge is 0.154 e. The second kappa shape index (κ2) is 4.88. The predicted molar refractivity (Wildman–Crippen MR) is 82.6 cm³/mol. The Labute approximate surface area is 125 Å². The molecule has 22 heavy (non-hydrogen) atoms. The van der Waals surface area contributed by atoms with Crippen molar-refractivity contribution in [2.24, 2.45) is 18.5 Å². The van der Waals surface area contributed by atoms with E-state index in [4.69, 9.17) is 22.3 Å². The highest BCUT2D eigenvalue weighted by Gasteiger charge is 2.14. The number of nitrogens with two attached hydrogens (primary N) is 2. The number of aromatic nitrogens is 5. The van der Waals surface area contributed by atoms with Crippen LogP contribution in [0.5, 0.6) is 0 Å². The molecule has 0 saturated carbocycles. The van der Waals surface area contributed by atoms with Gasteiger partial charge in [-0.2, -0.15) is 0 Å². The van der Waals surface area contributed by atoms with Gasteiger partial charge in [0.1, 0.15) is 23.1 Å². The maximum Gasteiger partial charge on any atom is 0.154 e. The molecule has 0 bridgehead atoms. The fourth-order valence-electron chi connectivity index (χ4n) is 2.16. The van der Waals surface area contributed by atoms with Gasteiger partial charge in [-0.3, -0.25) is 10.8 Å². The highest BCUT2D eigenvalue weighted by Crippen LogP contribution is 2.24. The lowest BCUT2D eigenvalue weighted by molar-refractivity contribution is 0.924. The van der Waals surface area contributed by atoms with E-state index < -0.39 is 0 Å². The molecule has 8 N–H and O–H groups in total. The minimum Gasteiger partial charge on any atom is -0.382 e. The van der Waals surface area contributed by atoms with Crippen molar-refractivity contribution in [1.82, 2.24) is 24.5 Å². The highest BCUT2D eigenvalue weighted by molar-refractivity contribution is 5.94. The van der Waals surface area contributed by atoms with Crippen LogP contribution in [0.2, 0.25) is 0 Å². The standard InChI is InChI=1S/C13H15N9/c1-22-8(12-18-4-6(20-12)10(14)15)2-3-9(22)13-19-5-7(21-13)11(16)17/h2-5H,1H3,(H3,14,15)(H3,16,17)(H,18,20)(H,19,21). The van der Waals surface area contributed by atoms with Gasteiger partial charge in [0, 0.05) is 7.05 Å². The van der Waals surface area contributed by atoms with Crippen LogP contribution >= 0.6 is 0 Å². The van der Waals surface area contributed by atoms with Crippen LogP contribution in [0.1, 0.15) is 11.4 Å². The third kappa shape index (κ3) is 2.14. The number of nitrogens with zero attached hydrogens (tertiary/aromatic N) is 3. The van der Waals surface area contributed by atoms with E-state index in [2.05, 4.69) is 19.9 Å². The molecule has 0 spiro atoms. The van der Waals surface area contributed by atoms with Crippen molar-refractivity contribution in [3.05, 3.63) is 35.9 Å². The van der Waals surface area contributed by atoms with Crippen LogP contribution in [0, 0.1) is 10.8 Å². The molecule has 0 fully saturated rings. The zero-order valence-corrected chi connectivity index (χ0v) is 11.8. The van der Waals surface area contributed by atoms with Crippen molar-refractivity contribution in [2.45, 2.75) is 0 Å². The zero-order valence-electron chi connectivity index (χ0n) is 11.8. The Morgan fingerprint density at radius 2 is 1.36 bits per heavy atom. The third-order valence-electron chi connectivity index (χ3n) is 3.34. The molecule has 0 saturated heterocycles. The molecule has 0 aliphatic carbocycles. The summed E-state index contributed by atoms with van der Waals surface area (Å²) in [4.78, 5) is 14.4. The van der Waals surface area contributed by atoms with Crippen LogP contribution in [0.15, 0.2) is 24.5 Å². The van der Waals surface area contributed by atoms with Crippen molar-refractivity contribution < 1.29 is 0 Å². The second-order valence-electron chi connectivity index (χ2n) is 4.78. The lowest BCUT2D eigenvalue weighted by Crippen LogP contribution is -2.11. The summed E-state index contributed by atoms with van der Waals surface area (Å²) >= 11 is 0. The largest absolute Gasteiger partial charge is 0.382 e. The number of H-pyrrole nitrogens is 2. The Morgan fingerprint density at radius 1 is 0.955 bits per heavy atom. The van der Waals surface area contributed by atoms with Gasteiger partial charge in [0.15, 0.2) is 11.6 Å². The van der Waals surface area contributed by atoms with E-state index in [1.807, 2.05) is 23.7 Å². The minimum absolute atomic E-state index is 0.0645. The van der Waals surface area contributed by atoms with Gasteiger partial charge in [-0.05, 0) is 12.1 Å². The van der Waals surface area contributed by atoms with Crippen molar-refractivity contribution in [3.63, 3.8) is 0 Å². The fourth-order valence-corrected chi connectivity index (χ4v) is 2.16. The van der Waals surface area contributed by atoms with Gasteiger partial charge in [-0.15, -0.1) is 0 Å². The first kappa shape index (κ1) is 13.6. The van der Waals surface area contributed by atoms with Gasteiger partial charge in [0.05, 0.1) is 23.8 Å². The van der Waals surface area contributed by atoms with Gasteiger partial charge in [0.25, 0.3) is 0 Å². The Hall–Kier alpha value is -3.36. The van der Waals surface area contributed by atoms with Crippen molar-refractivity contribution in [2.75, 3.05) is 0 Å². The quantitative estimate of drug-likeness (QED) is 0.303. The third-order valence-corrected chi connectivity index (χ3v) is 3.34. The van der Waals surface area contributed by atoms with E-state index in [9.17, 15) is 0 Å². The normalized spacial score (nSPS) is 10.8. The fraction of sp³-hybridized carbons (Fsp3) is 0.0769. The number of hydrogen-bond donors (Lipinski definition) is 6. The molecule has 0 radical (unpaired) electrons. The molecule has 0 aliphatic heterocycles. The Kier molecular flexibility index (Phi) is 3.02. The molecule has 0 aromatic carbocycles. The van der Waals surface area contributed by atoms with E-state index in [0.717, 1.165) is 11.4 Å². The highest BCUT2D eigenvalue weighted by atomic mass is 15.1. The van der Waals surface area contributed by atoms with Crippen LogP contribution in [-0.2, 0) is 7.05 Å². The number of hydrogen-bond acceptors (Lipinski definition) is 4. The van der Waals surface area contributed by atoms with Crippen LogP contribution in [0.4, 0.5) is 0 Å². The van der Waals surface area contributed by atoms with Gasteiger partial charge < -0.3 is 26.0 Å². The topological polar surface area (TPSA) is 162 Å². The van der Waals surface area contributed by atoms with E-state index >= 15 is 0 Å². The summed E-state index contributed by atoms with van der Waals surface area (Å²) in [7, 11) is 1.87. The Bertz CT molecular complexity index is 794. The molecule has 0 aliphatic rings. The summed E-state index contributed by atoms with van der Waals surface area (Å²) in [5.41, 5.74) is 13.4. The maximum atomic E-state index is 7.40. The molecule has 3 rings (SSSR count). The summed E-state index contributed by atoms with van der Waals surface area (Å²) in [6.07, 6.45) is 3.04. The molecule has 3 aromatic rings. The zero-order chi connectivity index (χ0) is 15.9. The molecule has 3 aromatic heterocycles. The van der Waals surface area contributed by atoms with E-state index in [0.29, 0.717) is 23.0 Å². The molecule has 0 unspecified atom stereocenters. The van der Waals surface area contributed by atoms with E-state index in [1.54, 1.807) is 0 Å². The summed E-state index contributed by atoms with van der Waals surface area (Å²) < 4.78 is 1.89. The molecule has 3 heterocycles. The number of aromatic amines is 2. The second-order valence-corrected chi connectivity index (χ2v) is 4.78. The first-order valence-electron chi connectivity index (χ1n) is 6.42. The number of imidazole rings is 2. The lowest BCUT2D eigenvalue weighted by atomic mass is 10.4. The SMILES string of the molecule is Cn1c(-c2ncc(C(=N)N)[nH]2)ccc1-c1ncc(C(=N)N)[nH]1. The molecule has 112 valence electrons. The summed E-state index contributed by atoms with van der Waals surface area (Å²) in [5, 5.41) is 14.8. The van der Waals surface area contributed by atoms with Crippen molar-refractivity contribution >= 4 is 11.7 Å². The van der Waals surface area contributed by atoms with E-state index in [-0.39, 0.29) is 11.7 Å². The molecular weight excluding hydrogens is 282 g/mol. The Morgan fingerprint density at radius 3 is 1.68 bits per heavy atom. The predicted octanol–water partition coefficient (Wildman–Crippen LogP) is 0.373. The lowest BCUT2D eigenvalue weighted by Gasteiger charge is -2.04. The van der Waals surface area contributed by atoms with Crippen molar-refractivity contribution in [3.8, 4) is 23.0 Å². The summed E-state index contributed by atoms with van der Waals surface area (Å²) in [6, 6.07) is 3.77. The number of rotatable bonds is 4. The molecule has 0 amide bonds. The molecule has 9 nitrogen and oxygen atoms in total. The van der Waals surface area contributed by atoms with Gasteiger partial charge in [0.2, 0.25) is 0 Å². The summed E-state index contributed by atoms with van der Waals surface area (Å²) in [6.45, 7) is 0. The van der Waals surface area contributed by atoms with Gasteiger partial charge in [-0.1, -0.05) is 0 Å². The number of nitrogen functional groups attached to an aromatic ring is 2. The van der Waals surface area contributed by atoms with Gasteiger partial charge in [-0.25, -0.2) is 9.97 Å². The average molecular weight is 297 g/mol. The summed E-state index contributed by atoms with van der Waals surface area (Å²) in [5.74, 6) is 1.09. The van der Waals surface area contributed by atoms with Crippen LogP contribution in [0.3, 0.4) is 0 Å². The van der Waals surface area contributed by atoms with Crippen LogP contribution < -0.4 is 11.5 Å². The van der Waals surface area contributed by atoms with Crippen LogP contribution in [-0.4, -0.2) is 36.2 Å². The minimum atomic E-state index is -0.0645. The molecule has 9 heteroatoms. The first-order chi connectivity index (χ1) is 10.5.